The number of hydrogen-bond donors (Lipinski definition) is 2. The number of sulfone groups is 1. The van der Waals surface area contributed by atoms with Crippen LogP contribution in [0.25, 0.3) is 10.9 Å². The van der Waals surface area contributed by atoms with Gasteiger partial charge in [0.1, 0.15) is 0 Å². The Labute approximate surface area is 161 Å². The van der Waals surface area contributed by atoms with Crippen LogP contribution in [0.15, 0.2) is 52.2 Å². The Morgan fingerprint density at radius 1 is 1.19 bits per heavy atom. The lowest BCUT2D eigenvalue weighted by Crippen LogP contribution is -2.20. The van der Waals surface area contributed by atoms with Crippen molar-refractivity contribution in [3.05, 3.63) is 69.0 Å². The van der Waals surface area contributed by atoms with E-state index in [4.69, 9.17) is 16.9 Å². The summed E-state index contributed by atoms with van der Waals surface area (Å²) in [4.78, 5) is 15.3. The van der Waals surface area contributed by atoms with E-state index in [0.29, 0.717) is 21.8 Å². The second-order valence-electron chi connectivity index (χ2n) is 6.25. The summed E-state index contributed by atoms with van der Waals surface area (Å²) >= 11 is 6.02. The summed E-state index contributed by atoms with van der Waals surface area (Å²) in [6.07, 6.45) is 1.07. The van der Waals surface area contributed by atoms with Crippen molar-refractivity contribution in [2.24, 2.45) is 0 Å². The van der Waals surface area contributed by atoms with Gasteiger partial charge in [0.15, 0.2) is 9.84 Å². The van der Waals surface area contributed by atoms with E-state index in [1.54, 1.807) is 31.2 Å². The number of fused-ring (bicyclic) bond motifs is 1. The van der Waals surface area contributed by atoms with Crippen molar-refractivity contribution in [1.82, 2.24) is 4.98 Å². The van der Waals surface area contributed by atoms with Gasteiger partial charge in [-0.3, -0.25) is 4.79 Å². The van der Waals surface area contributed by atoms with Gasteiger partial charge in [-0.15, -0.1) is 0 Å². The molecule has 138 valence electrons. The summed E-state index contributed by atoms with van der Waals surface area (Å²) in [5.74, 6) is 0. The molecule has 0 amide bonds. The number of pyridine rings is 1. The zero-order valence-corrected chi connectivity index (χ0v) is 16.1. The van der Waals surface area contributed by atoms with E-state index in [0.717, 1.165) is 11.6 Å². The first-order valence-corrected chi connectivity index (χ1v) is 10.3. The van der Waals surface area contributed by atoms with Crippen molar-refractivity contribution >= 4 is 38.0 Å². The quantitative estimate of drug-likeness (QED) is 0.694. The number of H-pyrrole nitrogens is 1. The van der Waals surface area contributed by atoms with Crippen LogP contribution < -0.4 is 10.9 Å². The number of benzene rings is 2. The van der Waals surface area contributed by atoms with Crippen LogP contribution in [-0.2, 0) is 9.84 Å². The second-order valence-corrected chi connectivity index (χ2v) is 8.67. The number of aromatic amines is 1. The van der Waals surface area contributed by atoms with Crippen LogP contribution in [0.4, 0.5) is 5.69 Å². The Kier molecular flexibility index (Phi) is 4.96. The maximum Gasteiger partial charge on any atom is 0.253 e. The third-order valence-electron chi connectivity index (χ3n) is 4.18. The van der Waals surface area contributed by atoms with Gasteiger partial charge in [0, 0.05) is 27.7 Å². The third kappa shape index (κ3) is 3.97. The lowest BCUT2D eigenvalue weighted by atomic mass is 10.1. The normalized spacial score (nSPS) is 12.5. The van der Waals surface area contributed by atoms with Gasteiger partial charge >= 0.3 is 0 Å². The van der Waals surface area contributed by atoms with Crippen molar-refractivity contribution in [2.75, 3.05) is 11.6 Å². The molecule has 0 aliphatic heterocycles. The largest absolute Gasteiger partial charge is 0.377 e. The molecule has 2 N–H and O–H groups in total. The fourth-order valence-corrected chi connectivity index (χ4v) is 3.89. The van der Waals surface area contributed by atoms with Gasteiger partial charge in [-0.05, 0) is 49.4 Å². The first kappa shape index (κ1) is 19.0. The Morgan fingerprint density at radius 3 is 2.59 bits per heavy atom. The van der Waals surface area contributed by atoms with Crippen LogP contribution in [0.2, 0.25) is 5.02 Å². The van der Waals surface area contributed by atoms with E-state index >= 15 is 0 Å². The molecular formula is C19H16ClN3O3S. The summed E-state index contributed by atoms with van der Waals surface area (Å²) < 4.78 is 24.2. The number of nitriles is 1. The number of nitrogens with one attached hydrogen (secondary N) is 2. The molecule has 0 bridgehead atoms. The van der Waals surface area contributed by atoms with Crippen LogP contribution in [-0.4, -0.2) is 19.7 Å². The second kappa shape index (κ2) is 7.06. The monoisotopic (exact) mass is 401 g/mol. The molecule has 0 spiro atoms. The smallest absolute Gasteiger partial charge is 0.253 e. The molecule has 2 aromatic carbocycles. The lowest BCUT2D eigenvalue weighted by Gasteiger charge is -2.18. The molecular weight excluding hydrogens is 386 g/mol. The summed E-state index contributed by atoms with van der Waals surface area (Å²) in [5, 5.41) is 13.4. The first-order valence-electron chi connectivity index (χ1n) is 8.02. The predicted octanol–water partition coefficient (Wildman–Crippen LogP) is 3.63. The van der Waals surface area contributed by atoms with Gasteiger partial charge in [-0.1, -0.05) is 11.6 Å². The number of nitrogens with zero attached hydrogens (tertiary/aromatic N) is 1. The molecule has 0 aliphatic carbocycles. The highest BCUT2D eigenvalue weighted by Gasteiger charge is 2.18. The number of rotatable bonds is 4. The number of hydrogen-bond acceptors (Lipinski definition) is 5. The standard InChI is InChI=1S/C19H16ClN3O3S/c1-11(15-9-13-8-14(20)4-6-16(13)23-19(15)24)22-17-5-3-12(10-21)7-18(17)27(2,25)26/h3-9,11,22H,1-2H3,(H,23,24)/t11-/m0/s1. The molecule has 0 aliphatic rings. The summed E-state index contributed by atoms with van der Waals surface area (Å²) in [5.41, 5.74) is 1.39. The van der Waals surface area contributed by atoms with Gasteiger partial charge in [-0.25, -0.2) is 8.42 Å². The Bertz CT molecular complexity index is 1240. The SMILES string of the molecule is C[C@H](Nc1ccc(C#N)cc1S(C)(=O)=O)c1cc2cc(Cl)ccc2[nH]c1=O. The average Bonchev–Trinajstić information content (AvgIpc) is 2.60. The average molecular weight is 402 g/mol. The summed E-state index contributed by atoms with van der Waals surface area (Å²) in [6.45, 7) is 1.76. The Hall–Kier alpha value is -2.82. The zero-order chi connectivity index (χ0) is 19.8. The molecule has 0 saturated heterocycles. The highest BCUT2D eigenvalue weighted by molar-refractivity contribution is 7.90. The van der Waals surface area contributed by atoms with Crippen LogP contribution >= 0.6 is 11.6 Å². The fraction of sp³-hybridized carbons (Fsp3) is 0.158. The topological polar surface area (TPSA) is 103 Å². The number of halogens is 1. The van der Waals surface area contributed by atoms with Crippen LogP contribution in [0, 0.1) is 11.3 Å². The Morgan fingerprint density at radius 2 is 1.93 bits per heavy atom. The van der Waals surface area contributed by atoms with E-state index in [1.165, 1.54) is 18.2 Å². The van der Waals surface area contributed by atoms with Crippen molar-refractivity contribution in [2.45, 2.75) is 17.9 Å². The van der Waals surface area contributed by atoms with Crippen LogP contribution in [0.3, 0.4) is 0 Å². The lowest BCUT2D eigenvalue weighted by molar-refractivity contribution is 0.602. The number of aromatic nitrogens is 1. The summed E-state index contributed by atoms with van der Waals surface area (Å²) in [6, 6.07) is 12.7. The van der Waals surface area contributed by atoms with E-state index < -0.39 is 15.9 Å². The molecule has 1 aromatic heterocycles. The minimum absolute atomic E-state index is 0.00802. The molecule has 0 radical (unpaired) electrons. The molecule has 0 unspecified atom stereocenters. The van der Waals surface area contributed by atoms with Crippen LogP contribution in [0.1, 0.15) is 24.1 Å². The van der Waals surface area contributed by atoms with Gasteiger partial charge < -0.3 is 10.3 Å². The molecule has 1 heterocycles. The molecule has 3 rings (SSSR count). The number of anilines is 1. The summed E-state index contributed by atoms with van der Waals surface area (Å²) in [7, 11) is -3.56. The molecule has 1 atom stereocenters. The van der Waals surface area contributed by atoms with E-state index in [1.807, 2.05) is 6.07 Å². The maximum atomic E-state index is 12.4. The highest BCUT2D eigenvalue weighted by atomic mass is 35.5. The van der Waals surface area contributed by atoms with Crippen LogP contribution in [0.5, 0.6) is 0 Å². The maximum absolute atomic E-state index is 12.4. The fourth-order valence-electron chi connectivity index (χ4n) is 2.84. The van der Waals surface area contributed by atoms with E-state index in [9.17, 15) is 13.2 Å². The molecule has 8 heteroatoms. The minimum Gasteiger partial charge on any atom is -0.377 e. The minimum atomic E-state index is -3.56. The van der Waals surface area contributed by atoms with E-state index in [2.05, 4.69) is 10.3 Å². The van der Waals surface area contributed by atoms with Crippen molar-refractivity contribution < 1.29 is 8.42 Å². The first-order chi connectivity index (χ1) is 12.7. The molecule has 0 saturated carbocycles. The van der Waals surface area contributed by atoms with Gasteiger partial charge in [0.05, 0.1) is 28.3 Å². The van der Waals surface area contributed by atoms with Crippen molar-refractivity contribution in [3.8, 4) is 6.07 Å². The molecule has 0 fully saturated rings. The highest BCUT2D eigenvalue weighted by Crippen LogP contribution is 2.27. The van der Waals surface area contributed by atoms with Gasteiger partial charge in [-0.2, -0.15) is 5.26 Å². The molecule has 27 heavy (non-hydrogen) atoms. The molecule has 6 nitrogen and oxygen atoms in total. The van der Waals surface area contributed by atoms with Gasteiger partial charge in [0.2, 0.25) is 0 Å². The van der Waals surface area contributed by atoms with Crippen molar-refractivity contribution in [1.29, 1.82) is 5.26 Å². The zero-order valence-electron chi connectivity index (χ0n) is 14.6. The van der Waals surface area contributed by atoms with Gasteiger partial charge in [0.25, 0.3) is 5.56 Å². The molecule has 3 aromatic rings. The van der Waals surface area contributed by atoms with E-state index in [-0.39, 0.29) is 16.0 Å². The Balaban J connectivity index is 2.05. The predicted molar refractivity (Wildman–Crippen MR) is 106 cm³/mol. The third-order valence-corrected chi connectivity index (χ3v) is 5.56. The van der Waals surface area contributed by atoms with Crippen molar-refractivity contribution in [3.63, 3.8) is 0 Å².